The van der Waals surface area contributed by atoms with Crippen molar-refractivity contribution in [3.8, 4) is 6.07 Å². The van der Waals surface area contributed by atoms with E-state index in [-0.39, 0.29) is 11.8 Å². The van der Waals surface area contributed by atoms with E-state index in [0.717, 1.165) is 0 Å². The Morgan fingerprint density at radius 2 is 1.86 bits per heavy atom. The Balaban J connectivity index is 2.80. The van der Waals surface area contributed by atoms with Crippen molar-refractivity contribution in [3.05, 3.63) is 34.9 Å². The predicted octanol–water partition coefficient (Wildman–Crippen LogP) is 2.94. The molecule has 2 atom stereocenters. The molecule has 0 saturated heterocycles. The zero-order valence-electron chi connectivity index (χ0n) is 12.8. The largest absolute Gasteiger partial charge is 0.446 e. The van der Waals surface area contributed by atoms with Gasteiger partial charge < -0.3 is 10.1 Å². The first-order valence-corrected chi connectivity index (χ1v) is 7.37. The fraction of sp³-hybridized carbons (Fsp3) is 0.438. The van der Waals surface area contributed by atoms with Gasteiger partial charge >= 0.3 is 5.97 Å². The SMILES string of the molecule is CC(C)C[C@H](NC(=O)c1ccc(Cl)cc1)C(=O)O[C@H](C)C#N. The monoisotopic (exact) mass is 322 g/mol. The summed E-state index contributed by atoms with van der Waals surface area (Å²) in [7, 11) is 0. The third kappa shape index (κ3) is 5.74. The van der Waals surface area contributed by atoms with E-state index >= 15 is 0 Å². The van der Waals surface area contributed by atoms with E-state index in [1.807, 2.05) is 19.9 Å². The van der Waals surface area contributed by atoms with Crippen LogP contribution in [0.2, 0.25) is 5.02 Å². The van der Waals surface area contributed by atoms with E-state index in [4.69, 9.17) is 21.6 Å². The molecule has 0 aromatic heterocycles. The Morgan fingerprint density at radius 3 is 2.36 bits per heavy atom. The minimum atomic E-state index is -0.852. The highest BCUT2D eigenvalue weighted by Crippen LogP contribution is 2.12. The number of ether oxygens (including phenoxy) is 1. The van der Waals surface area contributed by atoms with Crippen molar-refractivity contribution in [1.29, 1.82) is 5.26 Å². The highest BCUT2D eigenvalue weighted by Gasteiger charge is 2.25. The highest BCUT2D eigenvalue weighted by atomic mass is 35.5. The van der Waals surface area contributed by atoms with Crippen molar-refractivity contribution in [2.75, 3.05) is 0 Å². The molecular formula is C16H19ClN2O3. The van der Waals surface area contributed by atoms with Gasteiger partial charge in [-0.15, -0.1) is 0 Å². The fourth-order valence-electron chi connectivity index (χ4n) is 1.81. The van der Waals surface area contributed by atoms with E-state index in [0.29, 0.717) is 17.0 Å². The van der Waals surface area contributed by atoms with Crippen molar-refractivity contribution in [2.45, 2.75) is 39.3 Å². The number of amides is 1. The van der Waals surface area contributed by atoms with Crippen LogP contribution < -0.4 is 5.32 Å². The molecule has 0 fully saturated rings. The lowest BCUT2D eigenvalue weighted by atomic mass is 10.0. The number of esters is 1. The zero-order valence-corrected chi connectivity index (χ0v) is 13.6. The number of benzene rings is 1. The third-order valence-corrected chi connectivity index (χ3v) is 3.13. The number of rotatable bonds is 6. The zero-order chi connectivity index (χ0) is 16.7. The van der Waals surface area contributed by atoms with E-state index in [9.17, 15) is 9.59 Å². The third-order valence-electron chi connectivity index (χ3n) is 2.88. The summed E-state index contributed by atoms with van der Waals surface area (Å²) in [6, 6.07) is 7.39. The van der Waals surface area contributed by atoms with Crippen molar-refractivity contribution in [2.24, 2.45) is 5.92 Å². The summed E-state index contributed by atoms with van der Waals surface area (Å²) < 4.78 is 4.98. The van der Waals surface area contributed by atoms with Crippen LogP contribution in [0.1, 0.15) is 37.6 Å². The molecular weight excluding hydrogens is 304 g/mol. The van der Waals surface area contributed by atoms with E-state index < -0.39 is 18.1 Å². The topological polar surface area (TPSA) is 79.2 Å². The Morgan fingerprint density at radius 1 is 1.27 bits per heavy atom. The van der Waals surface area contributed by atoms with Gasteiger partial charge in [0, 0.05) is 10.6 Å². The fourth-order valence-corrected chi connectivity index (χ4v) is 1.94. The molecule has 0 aliphatic heterocycles. The average Bonchev–Trinajstić information content (AvgIpc) is 2.46. The van der Waals surface area contributed by atoms with Crippen molar-refractivity contribution < 1.29 is 14.3 Å². The maximum atomic E-state index is 12.2. The molecule has 5 nitrogen and oxygen atoms in total. The lowest BCUT2D eigenvalue weighted by molar-refractivity contribution is -0.148. The van der Waals surface area contributed by atoms with Crippen molar-refractivity contribution in [3.63, 3.8) is 0 Å². The first kappa shape index (κ1) is 18.0. The first-order chi connectivity index (χ1) is 10.3. The van der Waals surface area contributed by atoms with Gasteiger partial charge in [-0.05, 0) is 43.5 Å². The first-order valence-electron chi connectivity index (χ1n) is 7.00. The summed E-state index contributed by atoms with van der Waals surface area (Å²) in [5, 5.41) is 11.9. The quantitative estimate of drug-likeness (QED) is 0.817. The van der Waals surface area contributed by atoms with E-state index in [1.165, 1.54) is 6.92 Å². The molecule has 0 aliphatic rings. The van der Waals surface area contributed by atoms with Gasteiger partial charge in [-0.2, -0.15) is 5.26 Å². The Labute approximate surface area is 135 Å². The number of hydrogen-bond acceptors (Lipinski definition) is 4. The normalized spacial score (nSPS) is 13.1. The van der Waals surface area contributed by atoms with Crippen LogP contribution in [0.4, 0.5) is 0 Å². The molecule has 1 amide bonds. The molecule has 1 aromatic carbocycles. The summed E-state index contributed by atoms with van der Waals surface area (Å²) in [5.41, 5.74) is 0.402. The lowest BCUT2D eigenvalue weighted by Crippen LogP contribution is -2.43. The van der Waals surface area contributed by atoms with Crippen LogP contribution in [-0.4, -0.2) is 24.0 Å². The smallest absolute Gasteiger partial charge is 0.329 e. The molecule has 0 unspecified atom stereocenters. The van der Waals surface area contributed by atoms with Gasteiger partial charge in [0.05, 0.1) is 0 Å². The lowest BCUT2D eigenvalue weighted by Gasteiger charge is -2.20. The molecule has 1 N–H and O–H groups in total. The number of halogens is 1. The Bertz CT molecular complexity index is 564. The van der Waals surface area contributed by atoms with Crippen molar-refractivity contribution in [1.82, 2.24) is 5.32 Å². The number of nitriles is 1. The molecule has 0 saturated carbocycles. The standard InChI is InChI=1S/C16H19ClN2O3/c1-10(2)8-14(16(21)22-11(3)9-18)19-15(20)12-4-6-13(17)7-5-12/h4-7,10-11,14H,8H2,1-3H3,(H,19,20)/t11-,14+/m1/s1. The number of hydrogen-bond donors (Lipinski definition) is 1. The molecule has 6 heteroatoms. The molecule has 0 aliphatic carbocycles. The van der Waals surface area contributed by atoms with Crippen LogP contribution in [-0.2, 0) is 9.53 Å². The summed E-state index contributed by atoms with van der Waals surface area (Å²) in [6.07, 6.45) is -0.425. The average molecular weight is 323 g/mol. The van der Waals surface area contributed by atoms with Gasteiger partial charge in [0.25, 0.3) is 5.91 Å². The second kappa shape index (κ2) is 8.40. The maximum Gasteiger partial charge on any atom is 0.329 e. The van der Waals surface area contributed by atoms with Gasteiger partial charge in [0.2, 0.25) is 0 Å². The molecule has 0 spiro atoms. The van der Waals surface area contributed by atoms with Crippen LogP contribution >= 0.6 is 11.6 Å². The van der Waals surface area contributed by atoms with E-state index in [1.54, 1.807) is 24.3 Å². The predicted molar refractivity (Wildman–Crippen MR) is 83.3 cm³/mol. The Hall–Kier alpha value is -2.06. The van der Waals surface area contributed by atoms with Crippen LogP contribution in [0.5, 0.6) is 0 Å². The molecule has 22 heavy (non-hydrogen) atoms. The summed E-state index contributed by atoms with van der Waals surface area (Å²) in [6.45, 7) is 5.34. The van der Waals surface area contributed by atoms with Gasteiger partial charge in [-0.1, -0.05) is 25.4 Å². The van der Waals surface area contributed by atoms with Crippen LogP contribution in [0.3, 0.4) is 0 Å². The minimum absolute atomic E-state index is 0.181. The van der Waals surface area contributed by atoms with Crippen LogP contribution in [0.25, 0.3) is 0 Å². The molecule has 1 rings (SSSR count). The van der Waals surface area contributed by atoms with Crippen LogP contribution in [0, 0.1) is 17.2 Å². The molecule has 1 aromatic rings. The van der Waals surface area contributed by atoms with Gasteiger partial charge in [-0.3, -0.25) is 4.79 Å². The Kier molecular flexibility index (Phi) is 6.87. The minimum Gasteiger partial charge on any atom is -0.446 e. The molecule has 0 bridgehead atoms. The van der Waals surface area contributed by atoms with Gasteiger partial charge in [0.1, 0.15) is 12.1 Å². The second-order valence-corrected chi connectivity index (χ2v) is 5.81. The highest BCUT2D eigenvalue weighted by molar-refractivity contribution is 6.30. The number of carbonyl (C=O) groups is 2. The maximum absolute atomic E-state index is 12.2. The molecule has 118 valence electrons. The number of carbonyl (C=O) groups excluding carboxylic acids is 2. The van der Waals surface area contributed by atoms with Gasteiger partial charge in [-0.25, -0.2) is 4.79 Å². The number of nitrogens with zero attached hydrogens (tertiary/aromatic N) is 1. The number of nitrogens with one attached hydrogen (secondary N) is 1. The summed E-state index contributed by atoms with van der Waals surface area (Å²) in [4.78, 5) is 24.2. The van der Waals surface area contributed by atoms with Crippen LogP contribution in [0.15, 0.2) is 24.3 Å². The summed E-state index contributed by atoms with van der Waals surface area (Å²) in [5.74, 6) is -0.811. The summed E-state index contributed by atoms with van der Waals surface area (Å²) >= 11 is 5.78. The second-order valence-electron chi connectivity index (χ2n) is 5.37. The molecule has 0 radical (unpaired) electrons. The van der Waals surface area contributed by atoms with E-state index in [2.05, 4.69) is 5.32 Å². The van der Waals surface area contributed by atoms with Crippen molar-refractivity contribution >= 4 is 23.5 Å². The molecule has 0 heterocycles. The van der Waals surface area contributed by atoms with Gasteiger partial charge in [0.15, 0.2) is 6.10 Å².